The summed E-state index contributed by atoms with van der Waals surface area (Å²) in [5, 5.41) is 0. The third-order valence-electron chi connectivity index (χ3n) is 2.14. The lowest BCUT2D eigenvalue weighted by Gasteiger charge is -2.13. The van der Waals surface area contributed by atoms with Crippen molar-refractivity contribution in [3.05, 3.63) is 0 Å². The second-order valence-corrected chi connectivity index (χ2v) is 3.32. The summed E-state index contributed by atoms with van der Waals surface area (Å²) in [6.07, 6.45) is 3.59. The summed E-state index contributed by atoms with van der Waals surface area (Å²) >= 11 is 1.39. The lowest BCUT2D eigenvalue weighted by molar-refractivity contribution is 0.0395. The molecule has 11 heavy (non-hydrogen) atoms. The van der Waals surface area contributed by atoms with Crippen LogP contribution in [0.25, 0.3) is 0 Å². The normalized spacial score (nSPS) is 42.8. The van der Waals surface area contributed by atoms with Gasteiger partial charge in [-0.05, 0) is 18.5 Å². The molecule has 3 nitrogen and oxygen atoms in total. The van der Waals surface area contributed by atoms with Crippen molar-refractivity contribution in [1.82, 2.24) is 0 Å². The first-order valence-electron chi connectivity index (χ1n) is 3.84. The van der Waals surface area contributed by atoms with Gasteiger partial charge in [0.1, 0.15) is 12.2 Å². The number of hydrogen-bond acceptors (Lipinski definition) is 4. The number of ether oxygens (including phenoxy) is 2. The predicted molar refractivity (Wildman–Crippen MR) is 42.5 cm³/mol. The van der Waals surface area contributed by atoms with Crippen molar-refractivity contribution in [1.29, 1.82) is 0 Å². The summed E-state index contributed by atoms with van der Waals surface area (Å²) in [4.78, 5) is 0. The zero-order chi connectivity index (χ0) is 7.68. The molecule has 2 heterocycles. The maximum atomic E-state index is 5.48. The lowest BCUT2D eigenvalue weighted by Crippen LogP contribution is -2.28. The monoisotopic (exact) mass is 176 g/mol. The Morgan fingerprint density at radius 3 is 3.18 bits per heavy atom. The second kappa shape index (κ2) is 3.31. The Kier molecular flexibility index (Phi) is 2.36. The van der Waals surface area contributed by atoms with Crippen molar-refractivity contribution >= 4 is 12.0 Å². The molecule has 0 aromatic carbocycles. The van der Waals surface area contributed by atoms with Gasteiger partial charge in [0.15, 0.2) is 0 Å². The van der Waals surface area contributed by atoms with E-state index < -0.39 is 0 Å². The maximum absolute atomic E-state index is 5.48. The highest BCUT2D eigenvalue weighted by atomic mass is 32.2. The Bertz CT molecular complexity index is 140. The topological polar surface area (TPSA) is 27.7 Å². The Labute approximate surface area is 70.6 Å². The molecule has 0 aliphatic carbocycles. The van der Waals surface area contributed by atoms with E-state index in [4.69, 9.17) is 13.7 Å². The van der Waals surface area contributed by atoms with Crippen LogP contribution < -0.4 is 0 Å². The molecule has 2 aliphatic rings. The first-order valence-corrected chi connectivity index (χ1v) is 4.99. The van der Waals surface area contributed by atoms with Crippen LogP contribution in [0.3, 0.4) is 0 Å². The molecule has 1 unspecified atom stereocenters. The van der Waals surface area contributed by atoms with Gasteiger partial charge in [-0.15, -0.1) is 0 Å². The van der Waals surface area contributed by atoms with Crippen molar-refractivity contribution in [3.63, 3.8) is 0 Å². The zero-order valence-corrected chi connectivity index (χ0v) is 7.30. The molecule has 0 saturated carbocycles. The summed E-state index contributed by atoms with van der Waals surface area (Å²) in [7, 11) is 0. The fourth-order valence-electron chi connectivity index (χ4n) is 1.64. The minimum Gasteiger partial charge on any atom is -0.373 e. The molecule has 3 atom stereocenters. The fourth-order valence-corrected chi connectivity index (χ4v) is 2.05. The van der Waals surface area contributed by atoms with Crippen molar-refractivity contribution in [3.8, 4) is 0 Å². The van der Waals surface area contributed by atoms with Crippen LogP contribution in [0.1, 0.15) is 6.42 Å². The molecule has 64 valence electrons. The maximum Gasteiger partial charge on any atom is 0.124 e. The van der Waals surface area contributed by atoms with Crippen molar-refractivity contribution in [2.75, 3.05) is 19.5 Å². The molecule has 2 rings (SSSR count). The highest BCUT2D eigenvalue weighted by Crippen LogP contribution is 2.29. The molecule has 0 spiro atoms. The number of rotatable bonds is 2. The first-order chi connectivity index (χ1) is 5.42. The third-order valence-corrected chi connectivity index (χ3v) is 2.58. The van der Waals surface area contributed by atoms with E-state index in [2.05, 4.69) is 0 Å². The third kappa shape index (κ3) is 1.40. The molecule has 0 aromatic rings. The van der Waals surface area contributed by atoms with E-state index in [1.807, 2.05) is 6.26 Å². The Morgan fingerprint density at radius 1 is 1.45 bits per heavy atom. The number of fused-ring (bicyclic) bond motifs is 1. The van der Waals surface area contributed by atoms with Crippen LogP contribution in [-0.2, 0) is 13.7 Å². The molecular weight excluding hydrogens is 164 g/mol. The first kappa shape index (κ1) is 7.86. The highest BCUT2D eigenvalue weighted by Gasteiger charge is 2.42. The molecule has 4 heteroatoms. The molecule has 2 saturated heterocycles. The molecule has 0 aromatic heterocycles. The van der Waals surface area contributed by atoms with Crippen LogP contribution in [0.15, 0.2) is 0 Å². The van der Waals surface area contributed by atoms with E-state index in [1.165, 1.54) is 12.0 Å². The van der Waals surface area contributed by atoms with Crippen LogP contribution in [0.4, 0.5) is 0 Å². The summed E-state index contributed by atoms with van der Waals surface area (Å²) < 4.78 is 16.3. The highest BCUT2D eigenvalue weighted by molar-refractivity contribution is 7.93. The van der Waals surface area contributed by atoms with Gasteiger partial charge >= 0.3 is 0 Å². The average Bonchev–Trinajstić information content (AvgIpc) is 2.53. The summed E-state index contributed by atoms with van der Waals surface area (Å²) in [6.45, 7) is 1.51. The Morgan fingerprint density at radius 2 is 2.36 bits per heavy atom. The van der Waals surface area contributed by atoms with Crippen LogP contribution in [-0.4, -0.2) is 37.8 Å². The summed E-state index contributed by atoms with van der Waals surface area (Å²) in [5.74, 6) is 0. The fraction of sp³-hybridized carbons (Fsp3) is 1.00. The van der Waals surface area contributed by atoms with Gasteiger partial charge in [-0.25, -0.2) is 0 Å². The average molecular weight is 176 g/mol. The van der Waals surface area contributed by atoms with Gasteiger partial charge in [0, 0.05) is 12.9 Å². The van der Waals surface area contributed by atoms with Gasteiger partial charge in [0.05, 0.1) is 12.7 Å². The Balaban J connectivity index is 1.92. The van der Waals surface area contributed by atoms with Gasteiger partial charge in [-0.2, -0.15) is 0 Å². The molecule has 2 fully saturated rings. The lowest BCUT2D eigenvalue weighted by atomic mass is 10.1. The van der Waals surface area contributed by atoms with E-state index in [0.717, 1.165) is 13.0 Å². The molecular formula is C7H12O3S. The SMILES string of the molecule is CSO[C@H]1CO[C@@H]2CCOC12. The largest absolute Gasteiger partial charge is 0.373 e. The van der Waals surface area contributed by atoms with E-state index in [0.29, 0.717) is 12.7 Å². The Hall–Kier alpha value is 0.230. The van der Waals surface area contributed by atoms with Gasteiger partial charge in [0.25, 0.3) is 0 Å². The van der Waals surface area contributed by atoms with Gasteiger partial charge < -0.3 is 13.7 Å². The van der Waals surface area contributed by atoms with Crippen molar-refractivity contribution < 1.29 is 13.7 Å². The van der Waals surface area contributed by atoms with Gasteiger partial charge in [-0.1, -0.05) is 0 Å². The van der Waals surface area contributed by atoms with Crippen LogP contribution in [0.2, 0.25) is 0 Å². The summed E-state index contributed by atoms with van der Waals surface area (Å²) in [5.41, 5.74) is 0. The van der Waals surface area contributed by atoms with E-state index in [-0.39, 0.29) is 12.2 Å². The molecule has 0 N–H and O–H groups in total. The van der Waals surface area contributed by atoms with Crippen LogP contribution >= 0.6 is 12.0 Å². The minimum absolute atomic E-state index is 0.150. The standard InChI is InChI=1S/C7H12O3S/c1-11-10-6-4-9-5-2-3-8-7(5)6/h5-7H,2-4H2,1H3/t5-,6+,7?/m1/s1. The van der Waals surface area contributed by atoms with E-state index in [1.54, 1.807) is 0 Å². The zero-order valence-electron chi connectivity index (χ0n) is 6.49. The van der Waals surface area contributed by atoms with E-state index in [9.17, 15) is 0 Å². The molecule has 0 amide bonds. The summed E-state index contributed by atoms with van der Waals surface area (Å²) in [6, 6.07) is 0. The number of hydrogen-bond donors (Lipinski definition) is 0. The smallest absolute Gasteiger partial charge is 0.124 e. The molecule has 2 aliphatic heterocycles. The predicted octanol–water partition coefficient (Wildman–Crippen LogP) is 0.837. The van der Waals surface area contributed by atoms with Crippen molar-refractivity contribution in [2.45, 2.75) is 24.7 Å². The molecule has 0 radical (unpaired) electrons. The van der Waals surface area contributed by atoms with Crippen molar-refractivity contribution in [2.24, 2.45) is 0 Å². The second-order valence-electron chi connectivity index (χ2n) is 2.80. The van der Waals surface area contributed by atoms with Crippen LogP contribution in [0.5, 0.6) is 0 Å². The molecule has 0 bridgehead atoms. The van der Waals surface area contributed by atoms with Crippen LogP contribution in [0, 0.1) is 0 Å². The van der Waals surface area contributed by atoms with E-state index >= 15 is 0 Å². The quantitative estimate of drug-likeness (QED) is 0.583. The van der Waals surface area contributed by atoms with Gasteiger partial charge in [-0.3, -0.25) is 0 Å². The minimum atomic E-state index is 0.150. The van der Waals surface area contributed by atoms with Gasteiger partial charge in [0.2, 0.25) is 0 Å².